The van der Waals surface area contributed by atoms with Gasteiger partial charge in [0.2, 0.25) is 5.91 Å². The molecule has 2 unspecified atom stereocenters. The number of nitrogens with zero attached hydrogens (tertiary/aromatic N) is 2. The Morgan fingerprint density at radius 3 is 3.11 bits per heavy atom. The molecule has 6 nitrogen and oxygen atoms in total. The van der Waals surface area contributed by atoms with E-state index in [0.717, 1.165) is 4.88 Å². The number of rotatable bonds is 2. The molecule has 2 aliphatic rings. The first-order valence-corrected chi connectivity index (χ1v) is 7.17. The van der Waals surface area contributed by atoms with Crippen LogP contribution in [0.3, 0.4) is 0 Å². The van der Waals surface area contributed by atoms with Crippen LogP contribution in [0.2, 0.25) is 0 Å². The summed E-state index contributed by atoms with van der Waals surface area (Å²) in [6.45, 7) is 2.31. The molecule has 0 bridgehead atoms. The van der Waals surface area contributed by atoms with Gasteiger partial charge in [0.05, 0.1) is 6.04 Å². The number of nitrogens with one attached hydrogen (secondary N) is 1. The molecule has 2 saturated heterocycles. The van der Waals surface area contributed by atoms with Gasteiger partial charge < -0.3 is 20.9 Å². The van der Waals surface area contributed by atoms with Gasteiger partial charge in [0.1, 0.15) is 6.04 Å². The van der Waals surface area contributed by atoms with E-state index in [4.69, 9.17) is 5.73 Å². The lowest BCUT2D eigenvalue weighted by molar-refractivity contribution is -0.134. The zero-order chi connectivity index (χ0) is 13.4. The molecule has 0 aromatic carbocycles. The van der Waals surface area contributed by atoms with Gasteiger partial charge in [-0.1, -0.05) is 6.07 Å². The average Bonchev–Trinajstić information content (AvgIpc) is 3.07. The van der Waals surface area contributed by atoms with Gasteiger partial charge in [0.15, 0.2) is 0 Å². The van der Waals surface area contributed by atoms with Crippen LogP contribution in [0.15, 0.2) is 17.5 Å². The van der Waals surface area contributed by atoms with Gasteiger partial charge in [-0.25, -0.2) is 4.79 Å². The van der Waals surface area contributed by atoms with Crippen LogP contribution < -0.4 is 11.1 Å². The van der Waals surface area contributed by atoms with Crippen molar-refractivity contribution in [3.8, 4) is 0 Å². The van der Waals surface area contributed by atoms with Crippen molar-refractivity contribution >= 4 is 23.3 Å². The molecule has 3 heterocycles. The highest BCUT2D eigenvalue weighted by Gasteiger charge is 2.38. The summed E-state index contributed by atoms with van der Waals surface area (Å²) in [5.41, 5.74) is 6.00. The van der Waals surface area contributed by atoms with E-state index in [1.165, 1.54) is 11.3 Å². The smallest absolute Gasteiger partial charge is 0.317 e. The normalized spacial score (nSPS) is 24.1. The molecule has 3 rings (SSSR count). The van der Waals surface area contributed by atoms with Gasteiger partial charge in [0.25, 0.3) is 0 Å². The third-order valence-corrected chi connectivity index (χ3v) is 4.62. The monoisotopic (exact) mass is 280 g/mol. The largest absolute Gasteiger partial charge is 0.337 e. The zero-order valence-electron chi connectivity index (χ0n) is 10.4. The lowest BCUT2D eigenvalue weighted by atomic mass is 10.1. The predicted octanol–water partition coefficient (Wildman–Crippen LogP) is -0.0161. The maximum Gasteiger partial charge on any atom is 0.317 e. The van der Waals surface area contributed by atoms with Crippen molar-refractivity contribution in [1.29, 1.82) is 0 Å². The fourth-order valence-corrected chi connectivity index (χ4v) is 3.31. The highest BCUT2D eigenvalue weighted by molar-refractivity contribution is 7.10. The zero-order valence-corrected chi connectivity index (χ0v) is 11.2. The van der Waals surface area contributed by atoms with Crippen molar-refractivity contribution in [3.63, 3.8) is 0 Å². The molecule has 0 aliphatic carbocycles. The lowest BCUT2D eigenvalue weighted by Crippen LogP contribution is -2.55. The van der Waals surface area contributed by atoms with Crippen LogP contribution in [0, 0.1) is 0 Å². The maximum absolute atomic E-state index is 12.4. The Hall–Kier alpha value is -1.60. The van der Waals surface area contributed by atoms with E-state index in [9.17, 15) is 9.59 Å². The highest BCUT2D eigenvalue weighted by atomic mass is 32.1. The first-order chi connectivity index (χ1) is 9.16. The SMILES string of the molecule is NC(C(=O)N1CCN2C(=O)NCC2C1)c1cccs1. The minimum absolute atomic E-state index is 0.0281. The number of carbonyl (C=O) groups is 2. The number of carbonyl (C=O) groups excluding carboxylic acids is 2. The second kappa shape index (κ2) is 4.82. The first-order valence-electron chi connectivity index (χ1n) is 6.29. The molecule has 3 N–H and O–H groups in total. The van der Waals surface area contributed by atoms with E-state index >= 15 is 0 Å². The number of fused-ring (bicyclic) bond motifs is 1. The van der Waals surface area contributed by atoms with E-state index in [1.54, 1.807) is 9.80 Å². The first kappa shape index (κ1) is 12.4. The molecule has 0 radical (unpaired) electrons. The summed E-state index contributed by atoms with van der Waals surface area (Å²) in [6.07, 6.45) is 0. The van der Waals surface area contributed by atoms with Gasteiger partial charge in [0, 0.05) is 31.1 Å². The summed E-state index contributed by atoms with van der Waals surface area (Å²) >= 11 is 1.49. The van der Waals surface area contributed by atoms with Crippen molar-refractivity contribution in [3.05, 3.63) is 22.4 Å². The van der Waals surface area contributed by atoms with Gasteiger partial charge in [-0.15, -0.1) is 11.3 Å². The number of thiophene rings is 1. The topological polar surface area (TPSA) is 78.7 Å². The molecule has 2 fully saturated rings. The molecule has 0 spiro atoms. The van der Waals surface area contributed by atoms with Gasteiger partial charge >= 0.3 is 6.03 Å². The van der Waals surface area contributed by atoms with Gasteiger partial charge in [-0.3, -0.25) is 4.79 Å². The summed E-state index contributed by atoms with van der Waals surface area (Å²) in [5.74, 6) is -0.0542. The molecule has 0 saturated carbocycles. The maximum atomic E-state index is 12.4. The van der Waals surface area contributed by atoms with E-state index < -0.39 is 6.04 Å². The summed E-state index contributed by atoms with van der Waals surface area (Å²) in [6, 6.07) is 3.24. The molecule has 2 atom stereocenters. The molecule has 1 aromatic rings. The number of hydrogen-bond donors (Lipinski definition) is 2. The highest BCUT2D eigenvalue weighted by Crippen LogP contribution is 2.21. The van der Waals surface area contributed by atoms with Crippen LogP contribution in [0.1, 0.15) is 10.9 Å². The number of nitrogens with two attached hydrogens (primary N) is 1. The minimum atomic E-state index is -0.586. The Kier molecular flexibility index (Phi) is 3.16. The van der Waals surface area contributed by atoms with Crippen molar-refractivity contribution in [2.75, 3.05) is 26.2 Å². The molecule has 7 heteroatoms. The molecule has 102 valence electrons. The van der Waals surface area contributed by atoms with Crippen molar-refractivity contribution in [2.45, 2.75) is 12.1 Å². The molecular formula is C12H16N4O2S. The van der Waals surface area contributed by atoms with E-state index in [1.807, 2.05) is 17.5 Å². The Morgan fingerprint density at radius 1 is 1.53 bits per heavy atom. The molecule has 19 heavy (non-hydrogen) atoms. The summed E-state index contributed by atoms with van der Waals surface area (Å²) in [7, 11) is 0. The summed E-state index contributed by atoms with van der Waals surface area (Å²) in [5, 5.41) is 4.71. The van der Waals surface area contributed by atoms with Crippen LogP contribution in [0.4, 0.5) is 4.79 Å². The molecule has 2 aliphatic heterocycles. The standard InChI is InChI=1S/C12H16N4O2S/c13-10(9-2-1-5-19-9)11(17)15-3-4-16-8(7-15)6-14-12(16)18/h1-2,5,8,10H,3-4,6-7,13H2,(H,14,18). The third kappa shape index (κ3) is 2.19. The van der Waals surface area contributed by atoms with Crippen LogP contribution in [-0.4, -0.2) is 54.0 Å². The van der Waals surface area contributed by atoms with E-state index in [2.05, 4.69) is 5.32 Å². The van der Waals surface area contributed by atoms with Crippen LogP contribution in [-0.2, 0) is 4.79 Å². The van der Waals surface area contributed by atoms with Crippen LogP contribution in [0.25, 0.3) is 0 Å². The third-order valence-electron chi connectivity index (χ3n) is 3.66. The Bertz CT molecular complexity index is 490. The fraction of sp³-hybridized carbons (Fsp3) is 0.500. The Morgan fingerprint density at radius 2 is 2.37 bits per heavy atom. The number of amides is 3. The fourth-order valence-electron chi connectivity index (χ4n) is 2.59. The molecule has 1 aromatic heterocycles. The average molecular weight is 280 g/mol. The number of urea groups is 1. The number of hydrogen-bond acceptors (Lipinski definition) is 4. The van der Waals surface area contributed by atoms with Crippen LogP contribution in [0.5, 0.6) is 0 Å². The summed E-state index contributed by atoms with van der Waals surface area (Å²) < 4.78 is 0. The lowest BCUT2D eigenvalue weighted by Gasteiger charge is -2.37. The number of piperazine rings is 1. The Labute approximate surface area is 115 Å². The molecular weight excluding hydrogens is 264 g/mol. The van der Waals surface area contributed by atoms with Crippen LogP contribution >= 0.6 is 11.3 Å². The summed E-state index contributed by atoms with van der Waals surface area (Å²) in [4.78, 5) is 28.3. The minimum Gasteiger partial charge on any atom is -0.337 e. The van der Waals surface area contributed by atoms with Gasteiger partial charge in [-0.2, -0.15) is 0 Å². The Balaban J connectivity index is 1.67. The second-order valence-corrected chi connectivity index (χ2v) is 5.79. The van der Waals surface area contributed by atoms with Gasteiger partial charge in [-0.05, 0) is 11.4 Å². The van der Waals surface area contributed by atoms with Crippen molar-refractivity contribution in [1.82, 2.24) is 15.1 Å². The second-order valence-electron chi connectivity index (χ2n) is 4.81. The quantitative estimate of drug-likeness (QED) is 0.799. The van der Waals surface area contributed by atoms with E-state index in [-0.39, 0.29) is 18.0 Å². The molecule has 3 amide bonds. The van der Waals surface area contributed by atoms with Crippen molar-refractivity contribution < 1.29 is 9.59 Å². The van der Waals surface area contributed by atoms with Crippen molar-refractivity contribution in [2.24, 2.45) is 5.73 Å². The van der Waals surface area contributed by atoms with E-state index in [0.29, 0.717) is 26.2 Å². The predicted molar refractivity (Wildman–Crippen MR) is 71.7 cm³/mol.